The van der Waals surface area contributed by atoms with Gasteiger partial charge in [-0.1, -0.05) is 13.8 Å². The molecule has 0 N–H and O–H groups in total. The fraction of sp³-hybridized carbons (Fsp3) is 0.467. The minimum atomic E-state index is -5.07. The second-order valence-electron chi connectivity index (χ2n) is 11.0. The van der Waals surface area contributed by atoms with Gasteiger partial charge in [0.25, 0.3) is 0 Å². The Balaban J connectivity index is 1.77. The van der Waals surface area contributed by atoms with Crippen molar-refractivity contribution in [3.63, 3.8) is 0 Å². The SMILES string of the molecule is COc1cc(F)c(C(C)C)cc1C1=C(CN2C(=O)O[C@H](c3cc(C(F)(F)F)cc(C(F)(F)F)c3)[C@@H]2C)CN(C(C)=O)CC1. The highest BCUT2D eigenvalue weighted by Crippen LogP contribution is 2.42. The van der Waals surface area contributed by atoms with Gasteiger partial charge in [0.05, 0.1) is 24.3 Å². The average molecular weight is 617 g/mol. The number of benzene rings is 2. The van der Waals surface area contributed by atoms with E-state index in [4.69, 9.17) is 9.47 Å². The number of carbonyl (C=O) groups excluding carboxylic acids is 2. The van der Waals surface area contributed by atoms with Gasteiger partial charge in [-0.3, -0.25) is 9.69 Å². The van der Waals surface area contributed by atoms with Gasteiger partial charge in [-0.25, -0.2) is 9.18 Å². The van der Waals surface area contributed by atoms with Crippen molar-refractivity contribution in [2.45, 2.75) is 64.5 Å². The van der Waals surface area contributed by atoms with Crippen molar-refractivity contribution in [2.24, 2.45) is 0 Å². The van der Waals surface area contributed by atoms with Gasteiger partial charge in [-0.2, -0.15) is 26.3 Å². The summed E-state index contributed by atoms with van der Waals surface area (Å²) in [5.74, 6) is -0.625. The van der Waals surface area contributed by atoms with Crippen molar-refractivity contribution >= 4 is 17.6 Å². The molecular weight excluding hydrogens is 585 g/mol. The zero-order chi connectivity index (χ0) is 32.0. The highest BCUT2D eigenvalue weighted by Gasteiger charge is 2.44. The Hall–Kier alpha value is -3.77. The first-order valence-electron chi connectivity index (χ1n) is 13.5. The number of rotatable bonds is 6. The molecule has 4 rings (SSSR count). The van der Waals surface area contributed by atoms with E-state index in [-0.39, 0.29) is 36.7 Å². The van der Waals surface area contributed by atoms with Crippen molar-refractivity contribution in [2.75, 3.05) is 26.7 Å². The Morgan fingerprint density at radius 2 is 1.65 bits per heavy atom. The van der Waals surface area contributed by atoms with Crippen LogP contribution in [-0.2, 0) is 21.9 Å². The highest BCUT2D eigenvalue weighted by molar-refractivity contribution is 5.80. The molecule has 2 aliphatic heterocycles. The third-order valence-electron chi connectivity index (χ3n) is 7.84. The first kappa shape index (κ1) is 32.2. The third-order valence-corrected chi connectivity index (χ3v) is 7.84. The number of ether oxygens (including phenoxy) is 2. The van der Waals surface area contributed by atoms with E-state index in [0.717, 1.165) is 0 Å². The van der Waals surface area contributed by atoms with Crippen LogP contribution in [0.15, 0.2) is 35.9 Å². The van der Waals surface area contributed by atoms with Crippen molar-refractivity contribution in [1.29, 1.82) is 0 Å². The van der Waals surface area contributed by atoms with E-state index in [1.807, 2.05) is 13.8 Å². The lowest BCUT2D eigenvalue weighted by molar-refractivity contribution is -0.143. The number of nitrogens with zero attached hydrogens (tertiary/aromatic N) is 2. The maximum absolute atomic E-state index is 14.8. The Labute approximate surface area is 244 Å². The second kappa shape index (κ2) is 11.7. The Morgan fingerprint density at radius 1 is 1.05 bits per heavy atom. The number of hydrogen-bond acceptors (Lipinski definition) is 4. The van der Waals surface area contributed by atoms with Gasteiger partial charge < -0.3 is 14.4 Å². The first-order chi connectivity index (χ1) is 19.9. The van der Waals surface area contributed by atoms with E-state index in [9.17, 15) is 40.3 Å². The molecule has 0 unspecified atom stereocenters. The van der Waals surface area contributed by atoms with E-state index in [1.54, 1.807) is 11.0 Å². The number of methoxy groups -OCH3 is 1. The monoisotopic (exact) mass is 616 g/mol. The van der Waals surface area contributed by atoms with Gasteiger partial charge >= 0.3 is 18.4 Å². The van der Waals surface area contributed by atoms with Crippen molar-refractivity contribution in [3.8, 4) is 5.75 Å². The standard InChI is InChI=1S/C30H31F7N2O4/c1-15(2)23-11-24(26(42-5)12-25(23)31)22-6-7-38(17(4)40)13-19(22)14-39-16(3)27(43-28(39)41)18-8-20(29(32,33)34)10-21(9-18)30(35,36)37/h8-12,15-16,27H,6-7,13-14H2,1-5H3/t16-,27-/m0/s1. The first-order valence-corrected chi connectivity index (χ1v) is 13.5. The Kier molecular flexibility index (Phi) is 8.77. The molecule has 2 aromatic carbocycles. The molecule has 0 aromatic heterocycles. The summed E-state index contributed by atoms with van der Waals surface area (Å²) < 4.78 is 107. The molecule has 0 radical (unpaired) electrons. The van der Waals surface area contributed by atoms with Crippen LogP contribution in [0.25, 0.3) is 5.57 Å². The van der Waals surface area contributed by atoms with Crippen LogP contribution in [0.5, 0.6) is 5.75 Å². The van der Waals surface area contributed by atoms with Crippen molar-refractivity contribution < 1.29 is 49.8 Å². The highest BCUT2D eigenvalue weighted by atomic mass is 19.4. The van der Waals surface area contributed by atoms with Crippen LogP contribution in [0, 0.1) is 5.82 Å². The zero-order valence-electron chi connectivity index (χ0n) is 24.1. The maximum atomic E-state index is 14.8. The van der Waals surface area contributed by atoms with E-state index in [1.165, 1.54) is 31.9 Å². The van der Waals surface area contributed by atoms with Gasteiger partial charge in [0.2, 0.25) is 5.91 Å². The molecule has 0 spiro atoms. The summed E-state index contributed by atoms with van der Waals surface area (Å²) in [6, 6.07) is 3.06. The van der Waals surface area contributed by atoms with Crippen LogP contribution in [0.2, 0.25) is 0 Å². The molecule has 0 saturated carbocycles. The number of halogens is 7. The van der Waals surface area contributed by atoms with E-state index >= 15 is 0 Å². The molecule has 2 heterocycles. The van der Waals surface area contributed by atoms with Crippen LogP contribution in [0.1, 0.15) is 74.0 Å². The molecule has 1 saturated heterocycles. The molecular formula is C30H31F7N2O4. The van der Waals surface area contributed by atoms with Crippen LogP contribution >= 0.6 is 0 Å². The summed E-state index contributed by atoms with van der Waals surface area (Å²) in [5, 5.41) is 0. The Morgan fingerprint density at radius 3 is 2.16 bits per heavy atom. The summed E-state index contributed by atoms with van der Waals surface area (Å²) in [6.07, 6.45) is -12.2. The van der Waals surface area contributed by atoms with Crippen LogP contribution < -0.4 is 4.74 Å². The van der Waals surface area contributed by atoms with E-state index in [0.29, 0.717) is 47.4 Å². The summed E-state index contributed by atoms with van der Waals surface area (Å²) in [7, 11) is 1.38. The topological polar surface area (TPSA) is 59.1 Å². The van der Waals surface area contributed by atoms with Crippen LogP contribution in [-0.4, -0.2) is 54.6 Å². The summed E-state index contributed by atoms with van der Waals surface area (Å²) in [4.78, 5) is 28.1. The molecule has 2 atom stereocenters. The molecule has 2 aromatic rings. The van der Waals surface area contributed by atoms with Crippen molar-refractivity contribution in [1.82, 2.24) is 9.80 Å². The summed E-state index contributed by atoms with van der Waals surface area (Å²) in [6.45, 7) is 6.77. The van der Waals surface area contributed by atoms with Crippen molar-refractivity contribution in [3.05, 3.63) is 69.5 Å². The number of carbonyl (C=O) groups is 2. The summed E-state index contributed by atoms with van der Waals surface area (Å²) in [5.41, 5.74) is -1.22. The average Bonchev–Trinajstić information content (AvgIpc) is 3.19. The minimum absolute atomic E-state index is 0.0136. The lowest BCUT2D eigenvalue weighted by atomic mass is 9.89. The normalized spacial score (nSPS) is 19.8. The quantitative estimate of drug-likeness (QED) is 0.314. The number of amides is 2. The van der Waals surface area contributed by atoms with Gasteiger partial charge in [0, 0.05) is 38.2 Å². The van der Waals surface area contributed by atoms with E-state index in [2.05, 4.69) is 0 Å². The maximum Gasteiger partial charge on any atom is 0.416 e. The number of hydrogen-bond donors (Lipinski definition) is 0. The zero-order valence-corrected chi connectivity index (χ0v) is 24.1. The molecule has 2 amide bonds. The molecule has 2 aliphatic rings. The van der Waals surface area contributed by atoms with Gasteiger partial charge in [0.15, 0.2) is 0 Å². The molecule has 0 bridgehead atoms. The fourth-order valence-electron chi connectivity index (χ4n) is 5.50. The van der Waals surface area contributed by atoms with Gasteiger partial charge in [0.1, 0.15) is 17.7 Å². The number of cyclic esters (lactones) is 1. The molecule has 13 heteroatoms. The number of alkyl halides is 6. The fourth-order valence-corrected chi connectivity index (χ4v) is 5.50. The minimum Gasteiger partial charge on any atom is -0.496 e. The van der Waals surface area contributed by atoms with Gasteiger partial charge in [-0.05, 0) is 65.8 Å². The predicted molar refractivity (Wildman–Crippen MR) is 143 cm³/mol. The molecule has 6 nitrogen and oxygen atoms in total. The predicted octanol–water partition coefficient (Wildman–Crippen LogP) is 7.58. The molecule has 234 valence electrons. The largest absolute Gasteiger partial charge is 0.496 e. The van der Waals surface area contributed by atoms with Gasteiger partial charge in [-0.15, -0.1) is 0 Å². The molecule has 0 aliphatic carbocycles. The Bertz CT molecular complexity index is 1420. The van der Waals surface area contributed by atoms with E-state index < -0.39 is 53.1 Å². The van der Waals surface area contributed by atoms with Crippen LogP contribution in [0.3, 0.4) is 0 Å². The lowest BCUT2D eigenvalue weighted by Gasteiger charge is -2.33. The second-order valence-corrected chi connectivity index (χ2v) is 11.0. The third kappa shape index (κ3) is 6.59. The van der Waals surface area contributed by atoms with Crippen LogP contribution in [0.4, 0.5) is 35.5 Å². The summed E-state index contributed by atoms with van der Waals surface area (Å²) >= 11 is 0. The molecule has 1 fully saturated rings. The smallest absolute Gasteiger partial charge is 0.416 e. The lowest BCUT2D eigenvalue weighted by Crippen LogP contribution is -2.41. The molecule has 43 heavy (non-hydrogen) atoms.